The maximum atomic E-state index is 12.5. The molecular formula is C25H20N4O7S. The van der Waals surface area contributed by atoms with Crippen LogP contribution in [0, 0.1) is 34.1 Å². The van der Waals surface area contributed by atoms with E-state index in [1.165, 1.54) is 24.9 Å². The molecule has 11 nitrogen and oxygen atoms in total. The summed E-state index contributed by atoms with van der Waals surface area (Å²) in [5.74, 6) is -0.0800. The molecule has 0 unspecified atom stereocenters. The molecule has 1 aliphatic heterocycles. The molecule has 1 N–H and O–H groups in total. The minimum atomic E-state index is -0.763. The number of amidine groups is 1. The van der Waals surface area contributed by atoms with E-state index in [1.54, 1.807) is 18.2 Å². The molecule has 3 aromatic rings. The van der Waals surface area contributed by atoms with Crippen LogP contribution in [0.4, 0.5) is 17.1 Å². The summed E-state index contributed by atoms with van der Waals surface area (Å²) in [5.41, 5.74) is 2.51. The lowest BCUT2D eigenvalue weighted by atomic mass is 10.1. The number of hydrogen-bond donors (Lipinski definition) is 1. The number of rotatable bonds is 7. The monoisotopic (exact) mass is 520 g/mol. The maximum absolute atomic E-state index is 12.5. The van der Waals surface area contributed by atoms with Crippen molar-refractivity contribution < 1.29 is 24.1 Å². The lowest BCUT2D eigenvalue weighted by molar-refractivity contribution is -0.394. The molecule has 1 aliphatic rings. The van der Waals surface area contributed by atoms with E-state index in [2.05, 4.69) is 10.3 Å². The molecule has 0 saturated carbocycles. The summed E-state index contributed by atoms with van der Waals surface area (Å²) >= 11 is 1.20. The Morgan fingerprint density at radius 1 is 0.919 bits per heavy atom. The third-order valence-electron chi connectivity index (χ3n) is 5.14. The number of benzene rings is 3. The van der Waals surface area contributed by atoms with Gasteiger partial charge in [-0.1, -0.05) is 12.1 Å². The molecule has 0 aliphatic carbocycles. The van der Waals surface area contributed by atoms with Crippen LogP contribution in [0.15, 0.2) is 64.5 Å². The number of hydrogen-bond acceptors (Lipinski definition) is 9. The Morgan fingerprint density at radius 3 is 2.27 bits per heavy atom. The Balaban J connectivity index is 1.58. The lowest BCUT2D eigenvalue weighted by Gasteiger charge is -2.11. The second kappa shape index (κ2) is 10.5. The van der Waals surface area contributed by atoms with Gasteiger partial charge in [-0.05, 0) is 78.7 Å². The van der Waals surface area contributed by atoms with E-state index >= 15 is 0 Å². The SMILES string of the molecule is COc1cc(/C=C2\SC(=Nc3cc(C)cc(C)c3)NC2=O)ccc1Oc1ccc([N+](=O)[O-])cc1[N+](=O)[O-]. The van der Waals surface area contributed by atoms with Gasteiger partial charge in [0.1, 0.15) is 0 Å². The van der Waals surface area contributed by atoms with E-state index in [9.17, 15) is 25.0 Å². The van der Waals surface area contributed by atoms with Gasteiger partial charge in [0.2, 0.25) is 5.75 Å². The highest BCUT2D eigenvalue weighted by atomic mass is 32.2. The molecule has 0 radical (unpaired) electrons. The summed E-state index contributed by atoms with van der Waals surface area (Å²) < 4.78 is 11.0. The van der Waals surface area contributed by atoms with E-state index in [0.29, 0.717) is 15.6 Å². The number of thioether (sulfide) groups is 1. The Bertz CT molecular complexity index is 1480. The highest BCUT2D eigenvalue weighted by molar-refractivity contribution is 8.18. The van der Waals surface area contributed by atoms with Crippen LogP contribution in [0.5, 0.6) is 17.2 Å². The summed E-state index contributed by atoms with van der Waals surface area (Å²) in [4.78, 5) is 38.3. The molecule has 0 atom stereocenters. The van der Waals surface area contributed by atoms with Crippen LogP contribution in [0.1, 0.15) is 16.7 Å². The molecule has 1 saturated heterocycles. The van der Waals surface area contributed by atoms with Crippen LogP contribution >= 0.6 is 11.8 Å². The molecular weight excluding hydrogens is 500 g/mol. The molecule has 3 aromatic carbocycles. The minimum absolute atomic E-state index is 0.155. The first kappa shape index (κ1) is 25.4. The van der Waals surface area contributed by atoms with Crippen molar-refractivity contribution in [1.82, 2.24) is 5.32 Å². The number of ether oxygens (including phenoxy) is 2. The van der Waals surface area contributed by atoms with E-state index < -0.39 is 21.2 Å². The zero-order valence-corrected chi connectivity index (χ0v) is 20.7. The minimum Gasteiger partial charge on any atom is -0.493 e. The zero-order chi connectivity index (χ0) is 26.7. The third-order valence-corrected chi connectivity index (χ3v) is 6.05. The number of aliphatic imine (C=N–C) groups is 1. The summed E-state index contributed by atoms with van der Waals surface area (Å²) in [5, 5.41) is 25.6. The topological polar surface area (TPSA) is 146 Å². The zero-order valence-electron chi connectivity index (χ0n) is 19.9. The number of non-ortho nitro benzene ring substituents is 1. The van der Waals surface area contributed by atoms with Crippen LogP contribution in [0.3, 0.4) is 0 Å². The smallest absolute Gasteiger partial charge is 0.318 e. The second-order valence-electron chi connectivity index (χ2n) is 8.01. The van der Waals surface area contributed by atoms with Gasteiger partial charge >= 0.3 is 5.69 Å². The van der Waals surface area contributed by atoms with Crippen LogP contribution in [0.25, 0.3) is 6.08 Å². The Kier molecular flexibility index (Phi) is 7.20. The first-order valence-electron chi connectivity index (χ1n) is 10.8. The van der Waals surface area contributed by atoms with Crippen LogP contribution < -0.4 is 14.8 Å². The fourth-order valence-corrected chi connectivity index (χ4v) is 4.43. The molecule has 12 heteroatoms. The third kappa shape index (κ3) is 5.93. The summed E-state index contributed by atoms with van der Waals surface area (Å²) in [6.07, 6.45) is 1.66. The first-order chi connectivity index (χ1) is 17.6. The molecule has 37 heavy (non-hydrogen) atoms. The van der Waals surface area contributed by atoms with Crippen molar-refractivity contribution in [2.75, 3.05) is 7.11 Å². The van der Waals surface area contributed by atoms with Gasteiger partial charge in [-0.15, -0.1) is 0 Å². The van der Waals surface area contributed by atoms with Crippen molar-refractivity contribution in [3.8, 4) is 17.2 Å². The van der Waals surface area contributed by atoms with Gasteiger partial charge in [0, 0.05) is 6.07 Å². The fraction of sp³-hybridized carbons (Fsp3) is 0.120. The molecule has 1 amide bonds. The molecule has 1 heterocycles. The molecule has 188 valence electrons. The van der Waals surface area contributed by atoms with Crippen LogP contribution in [0.2, 0.25) is 0 Å². The van der Waals surface area contributed by atoms with Crippen molar-refractivity contribution in [2.24, 2.45) is 4.99 Å². The normalized spacial score (nSPS) is 15.1. The van der Waals surface area contributed by atoms with Gasteiger partial charge in [-0.25, -0.2) is 4.99 Å². The molecule has 0 bridgehead atoms. The number of nitrogens with one attached hydrogen (secondary N) is 1. The van der Waals surface area contributed by atoms with Gasteiger partial charge in [0.05, 0.1) is 33.6 Å². The average Bonchev–Trinajstić information content (AvgIpc) is 3.17. The highest BCUT2D eigenvalue weighted by Gasteiger charge is 2.25. The number of carbonyl (C=O) groups is 1. The number of carbonyl (C=O) groups excluding carboxylic acids is 1. The van der Waals surface area contributed by atoms with E-state index in [-0.39, 0.29) is 23.2 Å². The van der Waals surface area contributed by atoms with Crippen molar-refractivity contribution in [3.05, 3.63) is 96.4 Å². The Labute approximate surface area is 215 Å². The molecule has 0 aromatic heterocycles. The Morgan fingerprint density at radius 2 is 1.62 bits per heavy atom. The first-order valence-corrected chi connectivity index (χ1v) is 11.6. The van der Waals surface area contributed by atoms with Crippen molar-refractivity contribution in [2.45, 2.75) is 13.8 Å². The van der Waals surface area contributed by atoms with E-state index in [0.717, 1.165) is 35.0 Å². The van der Waals surface area contributed by atoms with Crippen molar-refractivity contribution in [1.29, 1.82) is 0 Å². The van der Waals surface area contributed by atoms with Gasteiger partial charge in [-0.2, -0.15) is 0 Å². The van der Waals surface area contributed by atoms with Crippen LogP contribution in [-0.4, -0.2) is 28.0 Å². The van der Waals surface area contributed by atoms with E-state index in [1.807, 2.05) is 32.0 Å². The summed E-state index contributed by atoms with van der Waals surface area (Å²) in [7, 11) is 1.40. The Hall–Kier alpha value is -4.71. The van der Waals surface area contributed by atoms with Gasteiger partial charge < -0.3 is 14.8 Å². The standard InChI is InChI=1S/C25H20N4O7S/c1-14-8-15(2)10-17(9-14)26-25-27-24(30)23(37-25)12-16-4-6-21(22(11-16)35-3)36-20-7-5-18(28(31)32)13-19(20)29(33)34/h4-13H,1-3H3,(H,26,27,30)/b23-12-. The van der Waals surface area contributed by atoms with Gasteiger partial charge in [0.15, 0.2) is 16.7 Å². The fourth-order valence-electron chi connectivity index (χ4n) is 3.59. The van der Waals surface area contributed by atoms with Crippen LogP contribution in [-0.2, 0) is 4.79 Å². The predicted molar refractivity (Wildman–Crippen MR) is 140 cm³/mol. The maximum Gasteiger partial charge on any atom is 0.318 e. The quantitative estimate of drug-likeness (QED) is 0.233. The van der Waals surface area contributed by atoms with Gasteiger partial charge in [0.25, 0.3) is 11.6 Å². The number of nitro benzene ring substituents is 2. The molecule has 1 fully saturated rings. The second-order valence-corrected chi connectivity index (χ2v) is 9.04. The highest BCUT2D eigenvalue weighted by Crippen LogP contribution is 2.39. The number of nitrogens with zero attached hydrogens (tertiary/aromatic N) is 3. The predicted octanol–water partition coefficient (Wildman–Crippen LogP) is 5.81. The number of aryl methyl sites for hydroxylation is 2. The lowest BCUT2D eigenvalue weighted by Crippen LogP contribution is -2.19. The largest absolute Gasteiger partial charge is 0.493 e. The van der Waals surface area contributed by atoms with Crippen molar-refractivity contribution >= 4 is 46.0 Å². The number of nitro groups is 2. The van der Waals surface area contributed by atoms with E-state index in [4.69, 9.17) is 9.47 Å². The summed E-state index contributed by atoms with van der Waals surface area (Å²) in [6.45, 7) is 3.95. The van der Waals surface area contributed by atoms with Gasteiger partial charge in [-0.3, -0.25) is 25.0 Å². The molecule has 4 rings (SSSR count). The van der Waals surface area contributed by atoms with Crippen molar-refractivity contribution in [3.63, 3.8) is 0 Å². The number of amides is 1. The number of methoxy groups -OCH3 is 1. The summed E-state index contributed by atoms with van der Waals surface area (Å²) in [6, 6.07) is 13.8. The molecule has 0 spiro atoms. The average molecular weight is 521 g/mol.